The van der Waals surface area contributed by atoms with Crippen LogP contribution in [0.15, 0.2) is 0 Å². The molecule has 1 heterocycles. The van der Waals surface area contributed by atoms with Crippen molar-refractivity contribution >= 4 is 5.78 Å². The molecular formula is C14H24O2. The second-order valence-corrected chi connectivity index (χ2v) is 6.60. The molecule has 0 unspecified atom stereocenters. The van der Waals surface area contributed by atoms with E-state index >= 15 is 0 Å². The lowest BCUT2D eigenvalue weighted by molar-refractivity contribution is -0.123. The normalized spacial score (nSPS) is 29.0. The maximum absolute atomic E-state index is 12.3. The summed E-state index contributed by atoms with van der Waals surface area (Å²) in [6.07, 6.45) is 2.92. The van der Waals surface area contributed by atoms with E-state index in [1.165, 1.54) is 0 Å². The van der Waals surface area contributed by atoms with Crippen molar-refractivity contribution in [1.82, 2.24) is 0 Å². The fourth-order valence-corrected chi connectivity index (χ4v) is 3.35. The standard InChI is InChI=1S/C14H24O2/c1-13(2)12(14(13,3)4)11(15)9-10-5-7-16-8-6-10/h10,12H,5-9H2,1-4H3. The number of hydrogen-bond acceptors (Lipinski definition) is 2. The summed E-state index contributed by atoms with van der Waals surface area (Å²) in [4.78, 5) is 12.3. The van der Waals surface area contributed by atoms with E-state index in [2.05, 4.69) is 27.7 Å². The average Bonchev–Trinajstić information content (AvgIpc) is 2.58. The highest BCUT2D eigenvalue weighted by atomic mass is 16.5. The number of hydrogen-bond donors (Lipinski definition) is 0. The second-order valence-electron chi connectivity index (χ2n) is 6.60. The Bertz CT molecular complexity index is 271. The Morgan fingerprint density at radius 1 is 1.12 bits per heavy atom. The van der Waals surface area contributed by atoms with Crippen LogP contribution in [0.1, 0.15) is 47.0 Å². The van der Waals surface area contributed by atoms with Crippen molar-refractivity contribution in [3.8, 4) is 0 Å². The summed E-state index contributed by atoms with van der Waals surface area (Å²) < 4.78 is 5.33. The first-order valence-corrected chi connectivity index (χ1v) is 6.48. The number of carbonyl (C=O) groups is 1. The van der Waals surface area contributed by atoms with E-state index in [0.717, 1.165) is 32.5 Å². The van der Waals surface area contributed by atoms with Gasteiger partial charge in [-0.15, -0.1) is 0 Å². The van der Waals surface area contributed by atoms with Gasteiger partial charge in [0.25, 0.3) is 0 Å². The minimum atomic E-state index is 0.204. The molecule has 2 fully saturated rings. The predicted octanol–water partition coefficient (Wildman–Crippen LogP) is 3.05. The molecule has 2 aliphatic rings. The van der Waals surface area contributed by atoms with Crippen LogP contribution in [0.3, 0.4) is 0 Å². The monoisotopic (exact) mass is 224 g/mol. The molecule has 1 saturated heterocycles. The van der Waals surface area contributed by atoms with Gasteiger partial charge in [-0.2, -0.15) is 0 Å². The van der Waals surface area contributed by atoms with Crippen molar-refractivity contribution in [2.75, 3.05) is 13.2 Å². The van der Waals surface area contributed by atoms with Crippen molar-refractivity contribution < 1.29 is 9.53 Å². The van der Waals surface area contributed by atoms with E-state index in [0.29, 0.717) is 11.7 Å². The van der Waals surface area contributed by atoms with E-state index < -0.39 is 0 Å². The fourth-order valence-electron chi connectivity index (χ4n) is 3.35. The van der Waals surface area contributed by atoms with Gasteiger partial charge in [-0.05, 0) is 29.6 Å². The fraction of sp³-hybridized carbons (Fsp3) is 0.929. The van der Waals surface area contributed by atoms with Gasteiger partial charge in [-0.1, -0.05) is 27.7 Å². The quantitative estimate of drug-likeness (QED) is 0.736. The number of ketones is 1. The lowest BCUT2D eigenvalue weighted by Crippen LogP contribution is -2.20. The van der Waals surface area contributed by atoms with E-state index in [4.69, 9.17) is 4.74 Å². The molecule has 0 amide bonds. The van der Waals surface area contributed by atoms with Crippen LogP contribution in [-0.2, 0) is 9.53 Å². The third kappa shape index (κ3) is 1.81. The predicted molar refractivity (Wildman–Crippen MR) is 64.2 cm³/mol. The number of rotatable bonds is 3. The first kappa shape index (κ1) is 12.1. The van der Waals surface area contributed by atoms with Crippen LogP contribution < -0.4 is 0 Å². The summed E-state index contributed by atoms with van der Waals surface area (Å²) in [6, 6.07) is 0. The summed E-state index contributed by atoms with van der Waals surface area (Å²) in [7, 11) is 0. The lowest BCUT2D eigenvalue weighted by atomic mass is 9.91. The minimum absolute atomic E-state index is 0.204. The van der Waals surface area contributed by atoms with Crippen LogP contribution in [0.25, 0.3) is 0 Å². The second kappa shape index (κ2) is 3.83. The van der Waals surface area contributed by atoms with Gasteiger partial charge in [-0.3, -0.25) is 4.79 Å². The van der Waals surface area contributed by atoms with Gasteiger partial charge in [0.2, 0.25) is 0 Å². The molecule has 0 aromatic heterocycles. The molecule has 0 atom stereocenters. The molecule has 0 N–H and O–H groups in total. The van der Waals surface area contributed by atoms with Crippen molar-refractivity contribution in [1.29, 1.82) is 0 Å². The highest BCUT2D eigenvalue weighted by Crippen LogP contribution is 2.69. The summed E-state index contributed by atoms with van der Waals surface area (Å²) in [5.41, 5.74) is 0.407. The van der Waals surface area contributed by atoms with Crippen molar-refractivity contribution in [3.63, 3.8) is 0 Å². The van der Waals surface area contributed by atoms with E-state index in [-0.39, 0.29) is 16.7 Å². The lowest BCUT2D eigenvalue weighted by Gasteiger charge is -2.21. The molecular weight excluding hydrogens is 200 g/mol. The van der Waals surface area contributed by atoms with Crippen LogP contribution in [0, 0.1) is 22.7 Å². The van der Waals surface area contributed by atoms with E-state index in [1.807, 2.05) is 0 Å². The molecule has 2 heteroatoms. The van der Waals surface area contributed by atoms with Gasteiger partial charge in [-0.25, -0.2) is 0 Å². The summed E-state index contributed by atoms with van der Waals surface area (Å²) >= 11 is 0. The molecule has 0 aromatic rings. The highest BCUT2D eigenvalue weighted by molar-refractivity contribution is 5.86. The van der Waals surface area contributed by atoms with Gasteiger partial charge in [0, 0.05) is 25.6 Å². The van der Waals surface area contributed by atoms with Crippen LogP contribution in [0.5, 0.6) is 0 Å². The summed E-state index contributed by atoms with van der Waals surface area (Å²) in [5, 5.41) is 0. The smallest absolute Gasteiger partial charge is 0.137 e. The first-order chi connectivity index (χ1) is 7.37. The Morgan fingerprint density at radius 2 is 1.62 bits per heavy atom. The van der Waals surface area contributed by atoms with Crippen LogP contribution in [0.2, 0.25) is 0 Å². The maximum atomic E-state index is 12.3. The topological polar surface area (TPSA) is 26.3 Å². The Kier molecular flexibility index (Phi) is 2.90. The van der Waals surface area contributed by atoms with Crippen molar-refractivity contribution in [2.24, 2.45) is 22.7 Å². The zero-order chi connectivity index (χ0) is 12.0. The number of carbonyl (C=O) groups excluding carboxylic acids is 1. The molecule has 2 nitrogen and oxygen atoms in total. The molecule has 1 aliphatic carbocycles. The first-order valence-electron chi connectivity index (χ1n) is 6.48. The van der Waals surface area contributed by atoms with E-state index in [1.54, 1.807) is 0 Å². The van der Waals surface area contributed by atoms with Crippen molar-refractivity contribution in [3.05, 3.63) is 0 Å². The number of ether oxygens (including phenoxy) is 1. The Labute approximate surface area is 98.7 Å². The molecule has 1 aliphatic heterocycles. The summed E-state index contributed by atoms with van der Waals surface area (Å²) in [5.74, 6) is 1.35. The van der Waals surface area contributed by atoms with Crippen LogP contribution in [-0.4, -0.2) is 19.0 Å². The molecule has 0 aromatic carbocycles. The Balaban J connectivity index is 1.90. The average molecular weight is 224 g/mol. The molecule has 0 bridgehead atoms. The number of Topliss-reactive ketones (excluding diaryl/α,β-unsaturated/α-hetero) is 1. The van der Waals surface area contributed by atoms with Gasteiger partial charge >= 0.3 is 0 Å². The van der Waals surface area contributed by atoms with Gasteiger partial charge in [0.05, 0.1) is 0 Å². The van der Waals surface area contributed by atoms with Gasteiger partial charge in [0.1, 0.15) is 5.78 Å². The third-order valence-electron chi connectivity index (χ3n) is 5.17. The Hall–Kier alpha value is -0.370. The molecule has 92 valence electrons. The molecule has 0 spiro atoms. The Morgan fingerprint density at radius 3 is 2.06 bits per heavy atom. The zero-order valence-electron chi connectivity index (χ0n) is 11.0. The van der Waals surface area contributed by atoms with Gasteiger partial charge < -0.3 is 4.74 Å². The molecule has 16 heavy (non-hydrogen) atoms. The molecule has 0 radical (unpaired) electrons. The third-order valence-corrected chi connectivity index (χ3v) is 5.17. The van der Waals surface area contributed by atoms with Gasteiger partial charge in [0.15, 0.2) is 0 Å². The van der Waals surface area contributed by atoms with Crippen LogP contribution >= 0.6 is 0 Å². The van der Waals surface area contributed by atoms with Crippen molar-refractivity contribution in [2.45, 2.75) is 47.0 Å². The van der Waals surface area contributed by atoms with E-state index in [9.17, 15) is 4.79 Å². The molecule has 1 saturated carbocycles. The minimum Gasteiger partial charge on any atom is -0.381 e. The van der Waals surface area contributed by atoms with Crippen LogP contribution in [0.4, 0.5) is 0 Å². The SMILES string of the molecule is CC1(C)C(C(=O)CC2CCOCC2)C1(C)C. The highest BCUT2D eigenvalue weighted by Gasteiger charge is 2.67. The largest absolute Gasteiger partial charge is 0.381 e. The summed E-state index contributed by atoms with van der Waals surface area (Å²) in [6.45, 7) is 10.6. The zero-order valence-corrected chi connectivity index (χ0v) is 11.0. The molecule has 2 rings (SSSR count). The maximum Gasteiger partial charge on any atom is 0.137 e.